The highest BCUT2D eigenvalue weighted by Gasteiger charge is 2.27. The van der Waals surface area contributed by atoms with Crippen LogP contribution in [-0.4, -0.2) is 26.8 Å². The van der Waals surface area contributed by atoms with Gasteiger partial charge in [0.1, 0.15) is 0 Å². The van der Waals surface area contributed by atoms with Crippen LogP contribution in [0.3, 0.4) is 0 Å². The van der Waals surface area contributed by atoms with Crippen LogP contribution in [0.1, 0.15) is 19.3 Å². The van der Waals surface area contributed by atoms with E-state index in [4.69, 9.17) is 0 Å². The van der Waals surface area contributed by atoms with Gasteiger partial charge in [-0.1, -0.05) is 22.4 Å². The van der Waals surface area contributed by atoms with Crippen molar-refractivity contribution >= 4 is 25.8 Å². The van der Waals surface area contributed by atoms with Gasteiger partial charge in [0.05, 0.1) is 10.1 Å². The predicted octanol–water partition coefficient (Wildman–Crippen LogP) is 2.36. The van der Waals surface area contributed by atoms with Crippen LogP contribution in [0.2, 0.25) is 0 Å². The smallest absolute Gasteiger partial charge is 0.182 e. The number of sulfone groups is 1. The lowest BCUT2D eigenvalue weighted by molar-refractivity contribution is 0.567. The third-order valence-corrected chi connectivity index (χ3v) is 5.82. The van der Waals surface area contributed by atoms with E-state index < -0.39 is 9.84 Å². The van der Waals surface area contributed by atoms with E-state index in [1.165, 1.54) is 0 Å². The molecular formula is C12H16BrNO2S. The first-order chi connectivity index (χ1) is 8.10. The van der Waals surface area contributed by atoms with Gasteiger partial charge in [-0.25, -0.2) is 8.42 Å². The van der Waals surface area contributed by atoms with Crippen molar-refractivity contribution in [3.05, 3.63) is 28.7 Å². The fourth-order valence-corrected chi connectivity index (χ4v) is 4.05. The maximum atomic E-state index is 12.4. The lowest BCUT2D eigenvalue weighted by atomic mass is 10.2. The van der Waals surface area contributed by atoms with Crippen LogP contribution in [-0.2, 0) is 9.84 Å². The van der Waals surface area contributed by atoms with Gasteiger partial charge in [0, 0.05) is 11.0 Å². The summed E-state index contributed by atoms with van der Waals surface area (Å²) in [5.41, 5.74) is 0. The Morgan fingerprint density at radius 3 is 2.59 bits per heavy atom. The monoisotopic (exact) mass is 317 g/mol. The van der Waals surface area contributed by atoms with Crippen LogP contribution in [0.25, 0.3) is 0 Å². The molecule has 0 radical (unpaired) electrons. The normalized spacial score (nSPS) is 22.1. The Hall–Kier alpha value is -0.390. The first kappa shape index (κ1) is 13.1. The first-order valence-corrected chi connectivity index (χ1v) is 8.15. The molecule has 0 saturated carbocycles. The molecule has 2 rings (SSSR count). The zero-order valence-corrected chi connectivity index (χ0v) is 11.9. The van der Waals surface area contributed by atoms with E-state index in [9.17, 15) is 8.42 Å². The number of benzene rings is 1. The molecule has 1 N–H and O–H groups in total. The van der Waals surface area contributed by atoms with Crippen molar-refractivity contribution in [2.45, 2.75) is 29.4 Å². The Kier molecular flexibility index (Phi) is 4.22. The van der Waals surface area contributed by atoms with Crippen molar-refractivity contribution in [2.24, 2.45) is 0 Å². The van der Waals surface area contributed by atoms with Gasteiger partial charge in [0.2, 0.25) is 0 Å². The van der Waals surface area contributed by atoms with E-state index in [0.717, 1.165) is 30.3 Å². The Bertz CT molecular complexity index is 462. The quantitative estimate of drug-likeness (QED) is 0.910. The molecule has 0 aromatic heterocycles. The molecule has 1 fully saturated rings. The molecule has 1 unspecified atom stereocenters. The summed E-state index contributed by atoms with van der Waals surface area (Å²) < 4.78 is 25.7. The van der Waals surface area contributed by atoms with Crippen molar-refractivity contribution in [2.75, 3.05) is 13.1 Å². The molecule has 1 aromatic rings. The summed E-state index contributed by atoms with van der Waals surface area (Å²) in [5.74, 6) is 0. The van der Waals surface area contributed by atoms with Gasteiger partial charge in [-0.3, -0.25) is 0 Å². The van der Waals surface area contributed by atoms with Crippen molar-refractivity contribution in [3.63, 3.8) is 0 Å². The molecule has 1 aliphatic rings. The molecule has 1 atom stereocenters. The van der Waals surface area contributed by atoms with Crippen LogP contribution < -0.4 is 5.32 Å². The number of hydrogen-bond acceptors (Lipinski definition) is 3. The molecule has 0 aliphatic carbocycles. The van der Waals surface area contributed by atoms with Gasteiger partial charge in [-0.15, -0.1) is 0 Å². The lowest BCUT2D eigenvalue weighted by Crippen LogP contribution is -2.31. The maximum Gasteiger partial charge on any atom is 0.182 e. The summed E-state index contributed by atoms with van der Waals surface area (Å²) in [6.45, 7) is 1.49. The fraction of sp³-hybridized carbons (Fsp3) is 0.500. The van der Waals surface area contributed by atoms with E-state index >= 15 is 0 Å². The van der Waals surface area contributed by atoms with E-state index in [-0.39, 0.29) is 5.25 Å². The molecular weight excluding hydrogens is 302 g/mol. The summed E-state index contributed by atoms with van der Waals surface area (Å²) in [5, 5.41) is 2.91. The number of rotatable bonds is 2. The second-order valence-electron chi connectivity index (χ2n) is 4.32. The summed E-state index contributed by atoms with van der Waals surface area (Å²) in [6.07, 6.45) is 2.80. The van der Waals surface area contributed by atoms with Gasteiger partial charge in [0.15, 0.2) is 9.84 Å². The standard InChI is InChI=1S/C12H16BrNO2S/c13-10-4-6-11(7-5-10)17(15,16)12-3-1-2-8-14-9-12/h4-7,12,14H,1-3,8-9H2. The van der Waals surface area contributed by atoms with Crippen molar-refractivity contribution in [3.8, 4) is 0 Å². The molecule has 17 heavy (non-hydrogen) atoms. The van der Waals surface area contributed by atoms with Gasteiger partial charge in [0.25, 0.3) is 0 Å². The van der Waals surface area contributed by atoms with Crippen LogP contribution in [0.4, 0.5) is 0 Å². The fourth-order valence-electron chi connectivity index (χ4n) is 2.07. The van der Waals surface area contributed by atoms with Crippen molar-refractivity contribution in [1.82, 2.24) is 5.32 Å². The largest absolute Gasteiger partial charge is 0.315 e. The molecule has 1 aromatic carbocycles. The first-order valence-electron chi connectivity index (χ1n) is 5.81. The highest BCUT2D eigenvalue weighted by atomic mass is 79.9. The Labute approximate surface area is 111 Å². The molecule has 1 aliphatic heterocycles. The van der Waals surface area contributed by atoms with Crippen LogP contribution >= 0.6 is 15.9 Å². The Morgan fingerprint density at radius 2 is 1.88 bits per heavy atom. The van der Waals surface area contributed by atoms with Gasteiger partial charge in [-0.05, 0) is 43.7 Å². The molecule has 0 spiro atoms. The maximum absolute atomic E-state index is 12.4. The van der Waals surface area contributed by atoms with Crippen LogP contribution in [0.15, 0.2) is 33.6 Å². The van der Waals surface area contributed by atoms with E-state index in [0.29, 0.717) is 11.4 Å². The summed E-state index contributed by atoms with van der Waals surface area (Å²) >= 11 is 3.31. The molecule has 5 heteroatoms. The zero-order chi connectivity index (χ0) is 12.3. The molecule has 3 nitrogen and oxygen atoms in total. The van der Waals surface area contributed by atoms with Gasteiger partial charge < -0.3 is 5.32 Å². The van der Waals surface area contributed by atoms with E-state index in [1.807, 2.05) is 0 Å². The summed E-state index contributed by atoms with van der Waals surface area (Å²) in [6, 6.07) is 6.89. The number of hydrogen-bond donors (Lipinski definition) is 1. The van der Waals surface area contributed by atoms with Gasteiger partial charge >= 0.3 is 0 Å². The lowest BCUT2D eigenvalue weighted by Gasteiger charge is -2.15. The average Bonchev–Trinajstić information content (AvgIpc) is 2.58. The molecule has 1 saturated heterocycles. The van der Waals surface area contributed by atoms with E-state index in [1.54, 1.807) is 24.3 Å². The van der Waals surface area contributed by atoms with E-state index in [2.05, 4.69) is 21.2 Å². The third-order valence-electron chi connectivity index (χ3n) is 3.08. The average molecular weight is 318 g/mol. The molecule has 0 amide bonds. The summed E-state index contributed by atoms with van der Waals surface area (Å²) in [4.78, 5) is 0.425. The molecule has 94 valence electrons. The third kappa shape index (κ3) is 3.09. The second-order valence-corrected chi connectivity index (χ2v) is 7.46. The Morgan fingerprint density at radius 1 is 1.18 bits per heavy atom. The number of nitrogens with one attached hydrogen (secondary N) is 1. The zero-order valence-electron chi connectivity index (χ0n) is 9.52. The van der Waals surface area contributed by atoms with Crippen LogP contribution in [0, 0.1) is 0 Å². The van der Waals surface area contributed by atoms with Crippen LogP contribution in [0.5, 0.6) is 0 Å². The molecule has 0 bridgehead atoms. The Balaban J connectivity index is 2.25. The highest BCUT2D eigenvalue weighted by Crippen LogP contribution is 2.22. The van der Waals surface area contributed by atoms with Crippen molar-refractivity contribution in [1.29, 1.82) is 0 Å². The van der Waals surface area contributed by atoms with Crippen molar-refractivity contribution < 1.29 is 8.42 Å². The minimum absolute atomic E-state index is 0.286. The molecule has 1 heterocycles. The highest BCUT2D eigenvalue weighted by molar-refractivity contribution is 9.10. The minimum Gasteiger partial charge on any atom is -0.315 e. The summed E-state index contributed by atoms with van der Waals surface area (Å²) in [7, 11) is -3.19. The predicted molar refractivity (Wildman–Crippen MR) is 71.8 cm³/mol. The second kappa shape index (κ2) is 5.50. The minimum atomic E-state index is -3.19. The SMILES string of the molecule is O=S(=O)(c1ccc(Br)cc1)C1CCCCNC1. The number of halogens is 1. The van der Waals surface area contributed by atoms with Gasteiger partial charge in [-0.2, -0.15) is 0 Å². The topological polar surface area (TPSA) is 46.2 Å².